The van der Waals surface area contributed by atoms with E-state index in [4.69, 9.17) is 5.10 Å². The molecule has 0 atom stereocenters. The van der Waals surface area contributed by atoms with Gasteiger partial charge in [0.25, 0.3) is 0 Å². The Balaban J connectivity index is 1.83. The zero-order chi connectivity index (χ0) is 24.2. The van der Waals surface area contributed by atoms with Gasteiger partial charge in [-0.05, 0) is 43.7 Å². The quantitative estimate of drug-likeness (QED) is 0.576. The third-order valence-electron chi connectivity index (χ3n) is 6.42. The Hall–Kier alpha value is -2.63. The van der Waals surface area contributed by atoms with Crippen molar-refractivity contribution in [3.63, 3.8) is 0 Å². The molecular weight excluding hydrogens is 412 g/mol. The Morgan fingerprint density at radius 1 is 1.18 bits per heavy atom. The summed E-state index contributed by atoms with van der Waals surface area (Å²) >= 11 is 0. The van der Waals surface area contributed by atoms with Crippen molar-refractivity contribution >= 4 is 17.6 Å². The Labute approximate surface area is 198 Å². The van der Waals surface area contributed by atoms with Crippen molar-refractivity contribution in [2.75, 3.05) is 18.4 Å². The first-order valence-electron chi connectivity index (χ1n) is 12.3. The van der Waals surface area contributed by atoms with Crippen LogP contribution in [0.15, 0.2) is 30.3 Å². The second-order valence-corrected chi connectivity index (χ2v) is 10.8. The predicted molar refractivity (Wildman–Crippen MR) is 134 cm³/mol. The van der Waals surface area contributed by atoms with E-state index < -0.39 is 0 Å². The number of hydrogen-bond acceptors (Lipinski definition) is 3. The molecule has 2 aromatic rings. The van der Waals surface area contributed by atoms with E-state index in [9.17, 15) is 9.59 Å². The summed E-state index contributed by atoms with van der Waals surface area (Å²) in [6.07, 6.45) is 4.97. The van der Waals surface area contributed by atoms with E-state index in [-0.39, 0.29) is 29.7 Å². The van der Waals surface area contributed by atoms with Gasteiger partial charge in [0.2, 0.25) is 11.8 Å². The van der Waals surface area contributed by atoms with Crippen LogP contribution < -0.4 is 5.32 Å². The van der Waals surface area contributed by atoms with Crippen molar-refractivity contribution in [1.29, 1.82) is 0 Å². The highest BCUT2D eigenvalue weighted by molar-refractivity contribution is 5.94. The average Bonchev–Trinajstić information content (AvgIpc) is 3.41. The lowest BCUT2D eigenvalue weighted by molar-refractivity contribution is -0.138. The molecule has 0 saturated heterocycles. The molecule has 1 N–H and O–H groups in total. The second kappa shape index (κ2) is 10.5. The minimum atomic E-state index is -0.180. The van der Waals surface area contributed by atoms with Crippen LogP contribution in [0.4, 0.5) is 5.82 Å². The molecule has 180 valence electrons. The van der Waals surface area contributed by atoms with Crippen molar-refractivity contribution in [3.05, 3.63) is 41.6 Å². The van der Waals surface area contributed by atoms with Crippen LogP contribution in [0, 0.1) is 18.8 Å². The lowest BCUT2D eigenvalue weighted by Crippen LogP contribution is -2.42. The molecule has 0 radical (unpaired) electrons. The maximum Gasteiger partial charge on any atom is 0.245 e. The first-order valence-corrected chi connectivity index (χ1v) is 12.3. The van der Waals surface area contributed by atoms with Gasteiger partial charge in [-0.15, -0.1) is 0 Å². The lowest BCUT2D eigenvalue weighted by atomic mass is 9.92. The van der Waals surface area contributed by atoms with E-state index in [1.54, 1.807) is 4.90 Å². The summed E-state index contributed by atoms with van der Waals surface area (Å²) in [7, 11) is 0. The molecule has 3 rings (SSSR count). The van der Waals surface area contributed by atoms with Crippen molar-refractivity contribution in [3.8, 4) is 5.69 Å². The Bertz CT molecular complexity index is 965. The molecular formula is C27H40N4O2. The predicted octanol–water partition coefficient (Wildman–Crippen LogP) is 5.48. The van der Waals surface area contributed by atoms with E-state index in [2.05, 4.69) is 39.9 Å². The average molecular weight is 453 g/mol. The molecule has 1 heterocycles. The molecule has 0 aliphatic heterocycles. The Morgan fingerprint density at radius 2 is 1.85 bits per heavy atom. The summed E-state index contributed by atoms with van der Waals surface area (Å²) in [4.78, 5) is 28.1. The smallest absolute Gasteiger partial charge is 0.245 e. The molecule has 0 spiro atoms. The summed E-state index contributed by atoms with van der Waals surface area (Å²) in [5.41, 5.74) is 2.75. The third kappa shape index (κ3) is 6.46. The maximum absolute atomic E-state index is 13.2. The van der Waals surface area contributed by atoms with Crippen LogP contribution in [0.1, 0.15) is 78.0 Å². The van der Waals surface area contributed by atoms with Crippen LogP contribution in [0.5, 0.6) is 0 Å². The summed E-state index contributed by atoms with van der Waals surface area (Å²) in [6, 6.07) is 9.95. The van der Waals surface area contributed by atoms with Crippen molar-refractivity contribution in [2.24, 2.45) is 11.8 Å². The number of amides is 2. The van der Waals surface area contributed by atoms with Crippen LogP contribution in [0.2, 0.25) is 0 Å². The number of nitrogens with zero attached hydrogens (tertiary/aromatic N) is 3. The zero-order valence-electron chi connectivity index (χ0n) is 21.1. The fraction of sp³-hybridized carbons (Fsp3) is 0.593. The molecule has 1 aliphatic carbocycles. The van der Waals surface area contributed by atoms with Crippen molar-refractivity contribution in [1.82, 2.24) is 14.7 Å². The van der Waals surface area contributed by atoms with Gasteiger partial charge in [0.05, 0.1) is 17.9 Å². The molecule has 1 aliphatic rings. The molecule has 2 amide bonds. The fourth-order valence-corrected chi connectivity index (χ4v) is 4.29. The number of rotatable bonds is 8. The summed E-state index contributed by atoms with van der Waals surface area (Å²) in [6.45, 7) is 13.3. The Morgan fingerprint density at radius 3 is 2.45 bits per heavy atom. The second-order valence-electron chi connectivity index (χ2n) is 10.8. The highest BCUT2D eigenvalue weighted by atomic mass is 16.2. The summed E-state index contributed by atoms with van der Waals surface area (Å²) < 4.78 is 1.81. The first-order chi connectivity index (χ1) is 15.6. The summed E-state index contributed by atoms with van der Waals surface area (Å²) in [5, 5.41) is 7.88. The van der Waals surface area contributed by atoms with Gasteiger partial charge in [0, 0.05) is 23.9 Å². The molecule has 1 aromatic carbocycles. The fourth-order valence-electron chi connectivity index (χ4n) is 4.29. The van der Waals surface area contributed by atoms with E-state index in [0.29, 0.717) is 18.3 Å². The number of aryl methyl sites for hydroxylation is 1. The molecule has 0 bridgehead atoms. The van der Waals surface area contributed by atoms with E-state index in [1.165, 1.54) is 0 Å². The molecule has 6 nitrogen and oxygen atoms in total. The normalized spacial score (nSPS) is 14.6. The van der Waals surface area contributed by atoms with Crippen LogP contribution in [-0.4, -0.2) is 39.6 Å². The number of anilines is 1. The van der Waals surface area contributed by atoms with Gasteiger partial charge in [-0.3, -0.25) is 9.59 Å². The van der Waals surface area contributed by atoms with Gasteiger partial charge in [-0.2, -0.15) is 5.10 Å². The van der Waals surface area contributed by atoms with Gasteiger partial charge in [-0.1, -0.05) is 65.7 Å². The van der Waals surface area contributed by atoms with Crippen molar-refractivity contribution < 1.29 is 9.59 Å². The minimum absolute atomic E-state index is 0.0648. The number of benzene rings is 1. The number of carbonyl (C=O) groups is 2. The lowest BCUT2D eigenvalue weighted by Gasteiger charge is -2.26. The van der Waals surface area contributed by atoms with E-state index in [1.807, 2.05) is 41.9 Å². The Kier molecular flexibility index (Phi) is 7.98. The zero-order valence-corrected chi connectivity index (χ0v) is 21.1. The summed E-state index contributed by atoms with van der Waals surface area (Å²) in [5.74, 6) is 1.13. The topological polar surface area (TPSA) is 67.2 Å². The number of aromatic nitrogens is 2. The van der Waals surface area contributed by atoms with Gasteiger partial charge < -0.3 is 10.2 Å². The van der Waals surface area contributed by atoms with Crippen LogP contribution >= 0.6 is 0 Å². The van der Waals surface area contributed by atoms with E-state index >= 15 is 0 Å². The number of hydrogen-bond donors (Lipinski definition) is 1. The molecule has 0 unspecified atom stereocenters. The largest absolute Gasteiger partial charge is 0.333 e. The molecule has 1 aromatic heterocycles. The minimum Gasteiger partial charge on any atom is -0.333 e. The number of carbonyl (C=O) groups excluding carboxylic acids is 2. The SMILES string of the molecule is Cc1ccccc1-n1nc(C(C)(C)C)cc1NC(=O)CN(CCC(C)C)C(=O)C1CCCC1. The monoisotopic (exact) mass is 452 g/mol. The van der Waals surface area contributed by atoms with Gasteiger partial charge >= 0.3 is 0 Å². The van der Waals surface area contributed by atoms with Crippen LogP contribution in [0.3, 0.4) is 0 Å². The molecule has 6 heteroatoms. The van der Waals surface area contributed by atoms with Gasteiger partial charge in [-0.25, -0.2) is 4.68 Å². The van der Waals surface area contributed by atoms with E-state index in [0.717, 1.165) is 49.0 Å². The number of nitrogens with one attached hydrogen (secondary N) is 1. The van der Waals surface area contributed by atoms with Gasteiger partial charge in [0.15, 0.2) is 0 Å². The molecule has 1 saturated carbocycles. The van der Waals surface area contributed by atoms with Crippen LogP contribution in [0.25, 0.3) is 5.69 Å². The molecule has 33 heavy (non-hydrogen) atoms. The maximum atomic E-state index is 13.2. The third-order valence-corrected chi connectivity index (χ3v) is 6.42. The highest BCUT2D eigenvalue weighted by Crippen LogP contribution is 2.28. The van der Waals surface area contributed by atoms with Crippen LogP contribution in [-0.2, 0) is 15.0 Å². The standard InChI is InChI=1S/C27H40N4O2/c1-19(2)15-16-30(26(33)21-12-8-9-13-21)18-25(32)28-24-17-23(27(4,5)6)29-31(24)22-14-10-7-11-20(22)3/h7,10-11,14,17,19,21H,8-9,12-13,15-16,18H2,1-6H3,(H,28,32). The number of para-hydroxylation sites is 1. The van der Waals surface area contributed by atoms with Gasteiger partial charge in [0.1, 0.15) is 5.82 Å². The molecule has 1 fully saturated rings. The van der Waals surface area contributed by atoms with Crippen molar-refractivity contribution in [2.45, 2.75) is 79.1 Å². The highest BCUT2D eigenvalue weighted by Gasteiger charge is 2.29. The first kappa shape index (κ1) is 25.0.